The summed E-state index contributed by atoms with van der Waals surface area (Å²) in [7, 11) is 0. The third-order valence-electron chi connectivity index (χ3n) is 3.07. The Balaban J connectivity index is 2.46. The summed E-state index contributed by atoms with van der Waals surface area (Å²) in [5.41, 5.74) is 2.17. The van der Waals surface area contributed by atoms with Crippen LogP contribution in [-0.2, 0) is 9.53 Å². The van der Waals surface area contributed by atoms with Gasteiger partial charge in [-0.2, -0.15) is 0 Å². The van der Waals surface area contributed by atoms with E-state index in [2.05, 4.69) is 4.74 Å². The van der Waals surface area contributed by atoms with Gasteiger partial charge >= 0.3 is 5.97 Å². The van der Waals surface area contributed by atoms with Crippen LogP contribution >= 0.6 is 0 Å². The lowest BCUT2D eigenvalue weighted by molar-refractivity contribution is -0.137. The van der Waals surface area contributed by atoms with Crippen molar-refractivity contribution >= 4 is 18.0 Å². The van der Waals surface area contributed by atoms with Crippen LogP contribution < -0.4 is 0 Å². The topological polar surface area (TPSA) is 65.4 Å². The zero-order valence-corrected chi connectivity index (χ0v) is 11.8. The normalized spacial score (nSPS) is 10.2. The summed E-state index contributed by atoms with van der Waals surface area (Å²) in [4.78, 5) is 34.6. The van der Waals surface area contributed by atoms with Crippen molar-refractivity contribution in [3.05, 3.63) is 53.3 Å². The minimum Gasteiger partial charge on any atom is -0.460 e. The van der Waals surface area contributed by atoms with E-state index in [-0.39, 0.29) is 12.2 Å². The van der Waals surface area contributed by atoms with E-state index in [1.54, 1.807) is 11.5 Å². The Kier molecular flexibility index (Phi) is 4.33. The fourth-order valence-corrected chi connectivity index (χ4v) is 2.05. The van der Waals surface area contributed by atoms with Gasteiger partial charge in [-0.25, -0.2) is 4.79 Å². The minimum atomic E-state index is -0.920. The van der Waals surface area contributed by atoms with Crippen LogP contribution in [0.3, 0.4) is 0 Å². The number of hydrogen-bond donors (Lipinski definition) is 0. The highest BCUT2D eigenvalue weighted by molar-refractivity contribution is 6.40. The first kappa shape index (κ1) is 14.7. The lowest BCUT2D eigenvalue weighted by atomic mass is 10.2. The molecule has 0 saturated carbocycles. The van der Waals surface area contributed by atoms with Gasteiger partial charge in [0.2, 0.25) is 0 Å². The molecule has 1 aromatic carbocycles. The first-order valence-corrected chi connectivity index (χ1v) is 6.53. The van der Waals surface area contributed by atoms with Crippen molar-refractivity contribution < 1.29 is 19.1 Å². The van der Waals surface area contributed by atoms with Crippen molar-refractivity contribution in [2.24, 2.45) is 0 Å². The van der Waals surface area contributed by atoms with Gasteiger partial charge in [0, 0.05) is 17.4 Å². The number of ketones is 1. The number of para-hydroxylation sites is 1. The molecular formula is C16H15NO4. The maximum Gasteiger partial charge on any atom is 0.379 e. The number of aldehydes is 1. The predicted molar refractivity (Wildman–Crippen MR) is 76.9 cm³/mol. The average Bonchev–Trinajstić information content (AvgIpc) is 2.91. The predicted octanol–water partition coefficient (Wildman–Crippen LogP) is 2.34. The molecule has 108 valence electrons. The quantitative estimate of drug-likeness (QED) is 0.366. The summed E-state index contributed by atoms with van der Waals surface area (Å²) in [5, 5.41) is 0. The molecule has 0 unspecified atom stereocenters. The molecule has 1 heterocycles. The first-order valence-electron chi connectivity index (χ1n) is 6.53. The van der Waals surface area contributed by atoms with Crippen molar-refractivity contribution in [3.63, 3.8) is 0 Å². The number of benzene rings is 1. The molecule has 2 aromatic rings. The van der Waals surface area contributed by atoms with Gasteiger partial charge in [0.25, 0.3) is 5.78 Å². The zero-order chi connectivity index (χ0) is 15.4. The highest BCUT2D eigenvalue weighted by Crippen LogP contribution is 2.19. The van der Waals surface area contributed by atoms with Crippen LogP contribution in [0, 0.1) is 6.92 Å². The fraction of sp³-hybridized carbons (Fsp3) is 0.188. The van der Waals surface area contributed by atoms with E-state index in [1.165, 1.54) is 12.3 Å². The number of esters is 1. The Labute approximate surface area is 122 Å². The fourth-order valence-electron chi connectivity index (χ4n) is 2.05. The van der Waals surface area contributed by atoms with Gasteiger partial charge in [0.1, 0.15) is 0 Å². The third kappa shape index (κ3) is 2.91. The zero-order valence-electron chi connectivity index (χ0n) is 11.8. The van der Waals surface area contributed by atoms with E-state index < -0.39 is 11.8 Å². The van der Waals surface area contributed by atoms with Crippen molar-refractivity contribution in [1.29, 1.82) is 0 Å². The number of carbonyl (C=O) groups excluding carboxylic acids is 3. The van der Waals surface area contributed by atoms with Gasteiger partial charge < -0.3 is 9.30 Å². The maximum absolute atomic E-state index is 11.9. The molecule has 1 aromatic heterocycles. The Hall–Kier alpha value is -2.69. The molecule has 5 nitrogen and oxygen atoms in total. The summed E-state index contributed by atoms with van der Waals surface area (Å²) in [6.07, 6.45) is 2.12. The molecule has 0 atom stereocenters. The highest BCUT2D eigenvalue weighted by Gasteiger charge is 2.21. The van der Waals surface area contributed by atoms with E-state index >= 15 is 0 Å². The number of aryl methyl sites for hydroxylation is 1. The summed E-state index contributed by atoms with van der Waals surface area (Å²) in [5.74, 6) is -1.68. The van der Waals surface area contributed by atoms with E-state index in [0.29, 0.717) is 12.0 Å². The van der Waals surface area contributed by atoms with E-state index in [1.807, 2.05) is 31.2 Å². The van der Waals surface area contributed by atoms with Crippen molar-refractivity contribution in [2.75, 3.05) is 6.61 Å². The van der Waals surface area contributed by atoms with Crippen molar-refractivity contribution in [1.82, 2.24) is 4.57 Å². The van der Waals surface area contributed by atoms with E-state index in [0.717, 1.165) is 11.3 Å². The molecule has 5 heteroatoms. The van der Waals surface area contributed by atoms with Gasteiger partial charge in [0.15, 0.2) is 6.29 Å². The molecule has 0 fully saturated rings. The Bertz CT molecular complexity index is 700. The summed E-state index contributed by atoms with van der Waals surface area (Å²) >= 11 is 0. The van der Waals surface area contributed by atoms with Crippen LogP contribution in [0.5, 0.6) is 0 Å². The van der Waals surface area contributed by atoms with Gasteiger partial charge in [-0.15, -0.1) is 0 Å². The summed E-state index contributed by atoms with van der Waals surface area (Å²) < 4.78 is 6.28. The molecule has 0 aliphatic heterocycles. The van der Waals surface area contributed by atoms with Crippen LogP contribution in [-0.4, -0.2) is 29.2 Å². The molecule has 0 aliphatic rings. The molecule has 2 rings (SSSR count). The van der Waals surface area contributed by atoms with Crippen LogP contribution in [0.1, 0.15) is 33.3 Å². The molecule has 0 N–H and O–H groups in total. The van der Waals surface area contributed by atoms with E-state index in [4.69, 9.17) is 0 Å². The third-order valence-corrected chi connectivity index (χ3v) is 3.07. The molecule has 0 amide bonds. The van der Waals surface area contributed by atoms with Crippen LogP contribution in [0.15, 0.2) is 36.5 Å². The van der Waals surface area contributed by atoms with Gasteiger partial charge in [-0.05, 0) is 31.5 Å². The number of aromatic nitrogens is 1. The number of hydrogen-bond acceptors (Lipinski definition) is 4. The number of carbonyl (C=O) groups is 3. The second kappa shape index (κ2) is 6.17. The number of Topliss-reactive ketones (excluding diaryl/α,β-unsaturated/α-hetero) is 1. The van der Waals surface area contributed by atoms with Crippen LogP contribution in [0.25, 0.3) is 5.69 Å². The van der Waals surface area contributed by atoms with E-state index in [9.17, 15) is 14.4 Å². The number of rotatable bonds is 5. The second-order valence-electron chi connectivity index (χ2n) is 4.48. The Morgan fingerprint density at radius 2 is 2.00 bits per heavy atom. The number of ether oxygens (including phenoxy) is 1. The summed E-state index contributed by atoms with van der Waals surface area (Å²) in [6, 6.07) is 8.84. The molecule has 0 bridgehead atoms. The largest absolute Gasteiger partial charge is 0.460 e. The van der Waals surface area contributed by atoms with Gasteiger partial charge in [0.05, 0.1) is 12.3 Å². The number of nitrogens with zero attached hydrogens (tertiary/aromatic N) is 1. The lowest BCUT2D eigenvalue weighted by Gasteiger charge is -2.08. The highest BCUT2D eigenvalue weighted by atomic mass is 16.5. The molecule has 0 saturated heterocycles. The minimum absolute atomic E-state index is 0.129. The van der Waals surface area contributed by atoms with Crippen molar-refractivity contribution in [2.45, 2.75) is 13.8 Å². The average molecular weight is 285 g/mol. The van der Waals surface area contributed by atoms with Gasteiger partial charge in [-0.1, -0.05) is 18.2 Å². The molecule has 0 spiro atoms. The molecule has 0 aliphatic carbocycles. The van der Waals surface area contributed by atoms with Crippen LogP contribution in [0.4, 0.5) is 0 Å². The SMILES string of the molecule is CCOC(=O)C(=O)c1cc(C=O)n(-c2ccccc2C)c1. The lowest BCUT2D eigenvalue weighted by Crippen LogP contribution is -2.16. The molecule has 0 radical (unpaired) electrons. The Morgan fingerprint density at radius 3 is 2.62 bits per heavy atom. The van der Waals surface area contributed by atoms with Crippen molar-refractivity contribution in [3.8, 4) is 5.69 Å². The molecular weight excluding hydrogens is 270 g/mol. The van der Waals surface area contributed by atoms with Gasteiger partial charge in [-0.3, -0.25) is 9.59 Å². The monoisotopic (exact) mass is 285 g/mol. The maximum atomic E-state index is 11.9. The first-order chi connectivity index (χ1) is 10.1. The second-order valence-corrected chi connectivity index (χ2v) is 4.48. The summed E-state index contributed by atoms with van der Waals surface area (Å²) in [6.45, 7) is 3.65. The molecule has 21 heavy (non-hydrogen) atoms. The van der Waals surface area contributed by atoms with Crippen LogP contribution in [0.2, 0.25) is 0 Å². The smallest absolute Gasteiger partial charge is 0.379 e. The standard InChI is InChI=1S/C16H15NO4/c1-3-21-16(20)15(19)12-8-13(10-18)17(9-12)14-7-5-4-6-11(14)2/h4-10H,3H2,1-2H3. The Morgan fingerprint density at radius 1 is 1.29 bits per heavy atom.